The van der Waals surface area contributed by atoms with Gasteiger partial charge in [-0.1, -0.05) is 75.1 Å². The second-order valence-electron chi connectivity index (χ2n) is 7.94. The molecule has 0 amide bonds. The van der Waals surface area contributed by atoms with Crippen molar-refractivity contribution in [1.82, 2.24) is 0 Å². The third-order valence-electron chi connectivity index (χ3n) is 4.47. The normalized spacial score (nSPS) is 12.8. The molecule has 2 aromatic carbocycles. The molecule has 0 saturated heterocycles. The fraction of sp³-hybridized carbons (Fsp3) is 0.375. The van der Waals surface area contributed by atoms with Gasteiger partial charge in [-0.05, 0) is 29.5 Å². The van der Waals surface area contributed by atoms with Crippen molar-refractivity contribution in [2.75, 3.05) is 0 Å². The highest BCUT2D eigenvalue weighted by Gasteiger charge is 2.31. The third-order valence-corrected chi connectivity index (χ3v) is 4.47. The van der Waals surface area contributed by atoms with Gasteiger partial charge in [-0.25, -0.2) is 0 Å². The van der Waals surface area contributed by atoms with E-state index in [2.05, 4.69) is 32.6 Å². The lowest BCUT2D eigenvalue weighted by atomic mass is 9.86. The van der Waals surface area contributed by atoms with Crippen LogP contribution in [0.4, 0.5) is 13.2 Å². The summed E-state index contributed by atoms with van der Waals surface area (Å²) in [5, 5.41) is 0. The molecule has 0 aliphatic carbocycles. The first-order valence-electron chi connectivity index (χ1n) is 9.32. The van der Waals surface area contributed by atoms with Crippen LogP contribution in [0.3, 0.4) is 0 Å². The van der Waals surface area contributed by atoms with E-state index in [9.17, 15) is 18.0 Å². The Balaban J connectivity index is 2.06. The molecule has 2 aromatic rings. The monoisotopic (exact) mass is 386 g/mol. The van der Waals surface area contributed by atoms with Crippen molar-refractivity contribution in [2.24, 2.45) is 5.92 Å². The van der Waals surface area contributed by atoms with E-state index >= 15 is 0 Å². The summed E-state index contributed by atoms with van der Waals surface area (Å²) < 4.78 is 38.6. The fourth-order valence-electron chi connectivity index (χ4n) is 2.82. The van der Waals surface area contributed by atoms with Gasteiger partial charge in [0.15, 0.2) is 5.78 Å². The first-order valence-corrected chi connectivity index (χ1v) is 9.32. The minimum absolute atomic E-state index is 0.0214. The number of ketones is 1. The predicted molar refractivity (Wildman–Crippen MR) is 106 cm³/mol. The van der Waals surface area contributed by atoms with Crippen LogP contribution in [0, 0.1) is 17.8 Å². The van der Waals surface area contributed by atoms with Crippen molar-refractivity contribution >= 4 is 5.78 Å². The molecule has 0 radical (unpaired) electrons. The van der Waals surface area contributed by atoms with Gasteiger partial charge < -0.3 is 0 Å². The average molecular weight is 386 g/mol. The first kappa shape index (κ1) is 21.8. The van der Waals surface area contributed by atoms with Crippen LogP contribution in [-0.4, -0.2) is 12.0 Å². The summed E-state index contributed by atoms with van der Waals surface area (Å²) in [5.41, 5.74) is 2.27. The van der Waals surface area contributed by atoms with Crippen molar-refractivity contribution in [3.05, 3.63) is 71.3 Å². The molecule has 0 fully saturated rings. The number of carbonyl (C=O) groups excluding carboxylic acids is 1. The Labute approximate surface area is 165 Å². The smallest absolute Gasteiger partial charge is 0.294 e. The first-order chi connectivity index (χ1) is 13.0. The number of halogens is 3. The minimum atomic E-state index is -4.31. The molecule has 28 heavy (non-hydrogen) atoms. The molecule has 0 aromatic heterocycles. The van der Waals surface area contributed by atoms with Crippen LogP contribution in [0.1, 0.15) is 61.5 Å². The zero-order valence-electron chi connectivity index (χ0n) is 16.4. The summed E-state index contributed by atoms with van der Waals surface area (Å²) in [6, 6.07) is 16.2. The van der Waals surface area contributed by atoms with Gasteiger partial charge in [-0.3, -0.25) is 4.79 Å². The van der Waals surface area contributed by atoms with Gasteiger partial charge in [0.2, 0.25) is 0 Å². The van der Waals surface area contributed by atoms with Gasteiger partial charge in [0.05, 0.1) is 6.42 Å². The molecule has 0 heterocycles. The SMILES string of the molecule is CC(C)(C)c1ccc(C(=O)CCC(C#Cc2ccccc2)CC(F)(F)F)cc1. The highest BCUT2D eigenvalue weighted by Crippen LogP contribution is 2.28. The number of rotatable bonds is 5. The van der Waals surface area contributed by atoms with Gasteiger partial charge in [0.1, 0.15) is 0 Å². The van der Waals surface area contributed by atoms with Crippen LogP contribution in [0.15, 0.2) is 54.6 Å². The maximum Gasteiger partial charge on any atom is 0.390 e. The summed E-state index contributed by atoms with van der Waals surface area (Å²) in [6.07, 6.45) is -5.20. The Morgan fingerprint density at radius 1 is 0.964 bits per heavy atom. The summed E-state index contributed by atoms with van der Waals surface area (Å²) in [5.74, 6) is 4.44. The molecule has 0 bridgehead atoms. The number of alkyl halides is 3. The number of carbonyl (C=O) groups is 1. The van der Waals surface area contributed by atoms with Gasteiger partial charge >= 0.3 is 6.18 Å². The Morgan fingerprint density at radius 3 is 2.11 bits per heavy atom. The van der Waals surface area contributed by atoms with E-state index in [0.29, 0.717) is 11.1 Å². The third kappa shape index (κ3) is 7.23. The van der Waals surface area contributed by atoms with Crippen molar-refractivity contribution in [2.45, 2.75) is 51.6 Å². The molecule has 0 spiro atoms. The average Bonchev–Trinajstić information content (AvgIpc) is 2.63. The lowest BCUT2D eigenvalue weighted by Gasteiger charge is -2.19. The zero-order valence-corrected chi connectivity index (χ0v) is 16.4. The minimum Gasteiger partial charge on any atom is -0.294 e. The Kier molecular flexibility index (Phi) is 7.07. The van der Waals surface area contributed by atoms with Gasteiger partial charge in [0.25, 0.3) is 0 Å². The maximum absolute atomic E-state index is 12.9. The molecule has 2 rings (SSSR count). The lowest BCUT2D eigenvalue weighted by Crippen LogP contribution is -2.15. The van der Waals surface area contributed by atoms with Crippen LogP contribution >= 0.6 is 0 Å². The Hall–Kier alpha value is -2.54. The number of benzene rings is 2. The number of hydrogen-bond donors (Lipinski definition) is 0. The molecule has 0 aliphatic heterocycles. The van der Waals surface area contributed by atoms with E-state index in [-0.39, 0.29) is 24.0 Å². The van der Waals surface area contributed by atoms with Crippen molar-refractivity contribution in [1.29, 1.82) is 0 Å². The second kappa shape index (κ2) is 9.10. The van der Waals surface area contributed by atoms with Crippen LogP contribution < -0.4 is 0 Å². The van der Waals surface area contributed by atoms with Crippen LogP contribution in [0.5, 0.6) is 0 Å². The van der Waals surface area contributed by atoms with E-state index in [1.165, 1.54) is 0 Å². The van der Waals surface area contributed by atoms with E-state index in [0.717, 1.165) is 5.56 Å². The van der Waals surface area contributed by atoms with Crippen molar-refractivity contribution in [3.8, 4) is 11.8 Å². The number of hydrogen-bond acceptors (Lipinski definition) is 1. The molecule has 0 aliphatic rings. The molecule has 0 N–H and O–H groups in total. The molecule has 0 saturated carbocycles. The van der Waals surface area contributed by atoms with Gasteiger partial charge in [0, 0.05) is 23.5 Å². The summed E-state index contributed by atoms with van der Waals surface area (Å²) in [4.78, 5) is 12.4. The van der Waals surface area contributed by atoms with E-state index in [4.69, 9.17) is 0 Å². The van der Waals surface area contributed by atoms with Gasteiger partial charge in [-0.2, -0.15) is 13.2 Å². The fourth-order valence-corrected chi connectivity index (χ4v) is 2.82. The summed E-state index contributed by atoms with van der Waals surface area (Å²) in [7, 11) is 0. The quantitative estimate of drug-likeness (QED) is 0.420. The maximum atomic E-state index is 12.9. The van der Waals surface area contributed by atoms with Gasteiger partial charge in [-0.15, -0.1) is 0 Å². The van der Waals surface area contributed by atoms with Crippen LogP contribution in [0.2, 0.25) is 0 Å². The summed E-state index contributed by atoms with van der Waals surface area (Å²) >= 11 is 0. The molecular formula is C24H25F3O. The lowest BCUT2D eigenvalue weighted by molar-refractivity contribution is -0.140. The molecule has 1 atom stereocenters. The predicted octanol–water partition coefficient (Wildman–Crippen LogP) is 6.57. The molecule has 1 unspecified atom stereocenters. The molecular weight excluding hydrogens is 361 g/mol. The highest BCUT2D eigenvalue weighted by molar-refractivity contribution is 5.96. The van der Waals surface area contributed by atoms with Crippen molar-refractivity contribution in [3.63, 3.8) is 0 Å². The number of Topliss-reactive ketones (excluding diaryl/α,β-unsaturated/α-hetero) is 1. The zero-order chi connectivity index (χ0) is 20.8. The van der Waals surface area contributed by atoms with E-state index in [1.807, 2.05) is 18.2 Å². The van der Waals surface area contributed by atoms with Crippen LogP contribution in [-0.2, 0) is 5.41 Å². The Bertz CT molecular complexity index is 832. The highest BCUT2D eigenvalue weighted by atomic mass is 19.4. The molecule has 148 valence electrons. The van der Waals surface area contributed by atoms with E-state index < -0.39 is 18.5 Å². The topological polar surface area (TPSA) is 17.1 Å². The second-order valence-corrected chi connectivity index (χ2v) is 7.94. The van der Waals surface area contributed by atoms with Crippen LogP contribution in [0.25, 0.3) is 0 Å². The molecule has 4 heteroatoms. The van der Waals surface area contributed by atoms with E-state index in [1.54, 1.807) is 36.4 Å². The van der Waals surface area contributed by atoms with Crippen molar-refractivity contribution < 1.29 is 18.0 Å². The molecule has 1 nitrogen and oxygen atoms in total. The largest absolute Gasteiger partial charge is 0.390 e. The standard InChI is InChI=1S/C24H25F3O/c1-23(2,3)21-14-12-20(13-15-21)22(28)16-11-19(17-24(25,26)27)10-9-18-7-5-4-6-8-18/h4-8,12-15,19H,11,16-17H2,1-3H3. The summed E-state index contributed by atoms with van der Waals surface area (Å²) in [6.45, 7) is 6.24. The Morgan fingerprint density at radius 2 is 1.57 bits per heavy atom.